The Morgan fingerprint density at radius 1 is 1.05 bits per heavy atom. The average molecular weight is 517 g/mol. The van der Waals surface area contributed by atoms with E-state index >= 15 is 0 Å². The summed E-state index contributed by atoms with van der Waals surface area (Å²) in [5, 5.41) is 10.9. The van der Waals surface area contributed by atoms with Crippen LogP contribution >= 0.6 is 0 Å². The number of para-hydroxylation sites is 1. The second kappa shape index (κ2) is 8.75. The van der Waals surface area contributed by atoms with E-state index in [0.717, 1.165) is 29.9 Å². The van der Waals surface area contributed by atoms with Crippen molar-refractivity contribution in [3.63, 3.8) is 0 Å². The molecule has 3 aliphatic heterocycles. The first-order chi connectivity index (χ1) is 18.1. The first-order valence-electron chi connectivity index (χ1n) is 12.9. The SMILES string of the molecule is CC(C)(C)OC(=O)N1CC2(CC(N3N=C(c4ccc(Oc5ccccc5)cc4)C4C(N)=NNC(=O)C43)C2)C1. The summed E-state index contributed by atoms with van der Waals surface area (Å²) < 4.78 is 11.4. The van der Waals surface area contributed by atoms with Crippen LogP contribution in [0.2, 0.25) is 0 Å². The maximum atomic E-state index is 13.0. The van der Waals surface area contributed by atoms with Gasteiger partial charge in [-0.3, -0.25) is 9.80 Å². The molecule has 2 amide bonds. The van der Waals surface area contributed by atoms with E-state index in [0.29, 0.717) is 24.7 Å². The zero-order chi connectivity index (χ0) is 26.7. The highest BCUT2D eigenvalue weighted by Gasteiger charge is 2.59. The maximum absolute atomic E-state index is 13.0. The predicted octanol–water partition coefficient (Wildman–Crippen LogP) is 3.28. The summed E-state index contributed by atoms with van der Waals surface area (Å²) in [7, 11) is 0. The number of likely N-dealkylation sites (tertiary alicyclic amines) is 1. The number of amidine groups is 1. The molecule has 1 aliphatic carbocycles. The molecule has 1 saturated carbocycles. The van der Waals surface area contributed by atoms with E-state index in [2.05, 4.69) is 10.5 Å². The van der Waals surface area contributed by atoms with Gasteiger partial charge in [0.05, 0.1) is 11.6 Å². The zero-order valence-corrected chi connectivity index (χ0v) is 21.8. The number of nitrogens with two attached hydrogens (primary N) is 1. The van der Waals surface area contributed by atoms with Crippen LogP contribution in [-0.2, 0) is 9.53 Å². The summed E-state index contributed by atoms with van der Waals surface area (Å²) in [6.45, 7) is 6.93. The molecule has 1 saturated heterocycles. The van der Waals surface area contributed by atoms with Crippen LogP contribution < -0.4 is 15.9 Å². The van der Waals surface area contributed by atoms with Crippen molar-refractivity contribution in [1.29, 1.82) is 0 Å². The predicted molar refractivity (Wildman–Crippen MR) is 142 cm³/mol. The average Bonchev–Trinajstić information content (AvgIpc) is 3.21. The number of hydrazone groups is 2. The lowest BCUT2D eigenvalue weighted by atomic mass is 9.60. The third-order valence-electron chi connectivity index (χ3n) is 7.55. The molecule has 2 unspecified atom stereocenters. The normalized spacial score (nSPS) is 24.0. The molecule has 2 aromatic rings. The number of fused-ring (bicyclic) bond motifs is 1. The number of benzene rings is 2. The molecular weight excluding hydrogens is 484 g/mol. The van der Waals surface area contributed by atoms with Crippen LogP contribution in [0.15, 0.2) is 64.8 Å². The van der Waals surface area contributed by atoms with Gasteiger partial charge >= 0.3 is 6.09 Å². The number of carbonyl (C=O) groups excluding carboxylic acids is 2. The minimum Gasteiger partial charge on any atom is -0.457 e. The van der Waals surface area contributed by atoms with Crippen molar-refractivity contribution in [2.45, 2.75) is 51.3 Å². The van der Waals surface area contributed by atoms with Gasteiger partial charge in [-0.1, -0.05) is 18.2 Å². The smallest absolute Gasteiger partial charge is 0.410 e. The summed E-state index contributed by atoms with van der Waals surface area (Å²) >= 11 is 0. The number of amides is 2. The highest BCUT2D eigenvalue weighted by Crippen LogP contribution is 2.52. The van der Waals surface area contributed by atoms with Crippen molar-refractivity contribution in [3.05, 3.63) is 60.2 Å². The topological polar surface area (TPSA) is 122 Å². The number of nitrogens with one attached hydrogen (secondary N) is 1. The Morgan fingerprint density at radius 3 is 2.37 bits per heavy atom. The molecule has 0 aromatic heterocycles. The second-order valence-corrected chi connectivity index (χ2v) is 11.6. The molecular formula is C28H32N6O4. The Bertz CT molecular complexity index is 1300. The van der Waals surface area contributed by atoms with Gasteiger partial charge in [-0.05, 0) is 75.6 Å². The molecule has 2 fully saturated rings. The lowest BCUT2D eigenvalue weighted by Crippen LogP contribution is -2.69. The van der Waals surface area contributed by atoms with Crippen LogP contribution in [0.1, 0.15) is 39.2 Å². The van der Waals surface area contributed by atoms with Crippen molar-refractivity contribution in [2.24, 2.45) is 27.3 Å². The summed E-state index contributed by atoms with van der Waals surface area (Å²) in [5.41, 5.74) is 9.99. The van der Waals surface area contributed by atoms with E-state index in [1.54, 1.807) is 4.90 Å². The molecule has 198 valence electrons. The van der Waals surface area contributed by atoms with E-state index in [4.69, 9.17) is 20.3 Å². The Hall–Kier alpha value is -4.08. The van der Waals surface area contributed by atoms with Gasteiger partial charge in [-0.2, -0.15) is 10.2 Å². The molecule has 10 nitrogen and oxygen atoms in total. The number of carbonyl (C=O) groups is 2. The molecule has 0 bridgehead atoms. The molecule has 2 atom stereocenters. The summed E-state index contributed by atoms with van der Waals surface area (Å²) in [6.07, 6.45) is 1.42. The third-order valence-corrected chi connectivity index (χ3v) is 7.55. The zero-order valence-electron chi connectivity index (χ0n) is 21.8. The van der Waals surface area contributed by atoms with Crippen LogP contribution in [0.25, 0.3) is 0 Å². The Morgan fingerprint density at radius 2 is 1.71 bits per heavy atom. The quantitative estimate of drug-likeness (QED) is 0.643. The Labute approximate surface area is 221 Å². The molecule has 10 heteroatoms. The molecule has 2 aromatic carbocycles. The van der Waals surface area contributed by atoms with E-state index in [1.807, 2.05) is 80.4 Å². The maximum Gasteiger partial charge on any atom is 0.410 e. The van der Waals surface area contributed by atoms with Crippen LogP contribution in [0, 0.1) is 11.3 Å². The van der Waals surface area contributed by atoms with Crippen LogP contribution in [0.4, 0.5) is 4.79 Å². The largest absolute Gasteiger partial charge is 0.457 e. The van der Waals surface area contributed by atoms with E-state index in [9.17, 15) is 9.59 Å². The minimum absolute atomic E-state index is 0.0521. The number of ether oxygens (including phenoxy) is 2. The standard InChI is InChI=1S/C28H32N6O4/c1-27(2,3)38-26(36)33-15-28(16-33)13-18(14-28)34-23-21(24(29)30-31-25(23)35)22(32-34)17-9-11-20(12-10-17)37-19-7-5-4-6-8-19/h4-12,18,21,23H,13-16H2,1-3H3,(H2,29,30)(H,31,35). The van der Waals surface area contributed by atoms with E-state index < -0.39 is 17.6 Å². The van der Waals surface area contributed by atoms with Gasteiger partial charge in [0, 0.05) is 24.5 Å². The van der Waals surface area contributed by atoms with Crippen molar-refractivity contribution in [3.8, 4) is 11.5 Å². The third kappa shape index (κ3) is 4.33. The summed E-state index contributed by atoms with van der Waals surface area (Å²) in [4.78, 5) is 27.1. The van der Waals surface area contributed by atoms with Crippen LogP contribution in [-0.4, -0.2) is 64.2 Å². The van der Waals surface area contributed by atoms with Crippen molar-refractivity contribution in [1.82, 2.24) is 15.3 Å². The highest BCUT2D eigenvalue weighted by molar-refractivity contribution is 6.19. The number of rotatable bonds is 4. The van der Waals surface area contributed by atoms with Gasteiger partial charge in [0.15, 0.2) is 0 Å². The first kappa shape index (κ1) is 24.3. The molecule has 0 radical (unpaired) electrons. The van der Waals surface area contributed by atoms with Crippen molar-refractivity contribution >= 4 is 23.5 Å². The lowest BCUT2D eigenvalue weighted by molar-refractivity contribution is -0.137. The van der Waals surface area contributed by atoms with Gasteiger partial charge < -0.3 is 20.1 Å². The molecule has 3 N–H and O–H groups in total. The molecule has 38 heavy (non-hydrogen) atoms. The van der Waals surface area contributed by atoms with Gasteiger partial charge in [0.25, 0.3) is 5.91 Å². The minimum atomic E-state index is -0.549. The van der Waals surface area contributed by atoms with Gasteiger partial charge in [0.2, 0.25) is 0 Å². The van der Waals surface area contributed by atoms with Crippen LogP contribution in [0.5, 0.6) is 11.5 Å². The van der Waals surface area contributed by atoms with Crippen molar-refractivity contribution < 1.29 is 19.1 Å². The highest BCUT2D eigenvalue weighted by atomic mass is 16.6. The molecule has 3 heterocycles. The Balaban J connectivity index is 1.17. The molecule has 4 aliphatic rings. The monoisotopic (exact) mass is 516 g/mol. The molecule has 1 spiro atoms. The summed E-state index contributed by atoms with van der Waals surface area (Å²) in [5.74, 6) is 1.16. The van der Waals surface area contributed by atoms with Gasteiger partial charge in [-0.15, -0.1) is 0 Å². The van der Waals surface area contributed by atoms with E-state index in [1.165, 1.54) is 0 Å². The number of hydrogen-bond donors (Lipinski definition) is 2. The summed E-state index contributed by atoms with van der Waals surface area (Å²) in [6, 6.07) is 16.8. The molecule has 6 rings (SSSR count). The fourth-order valence-corrected chi connectivity index (χ4v) is 5.85. The fraction of sp³-hybridized carbons (Fsp3) is 0.429. The first-order valence-corrected chi connectivity index (χ1v) is 12.9. The fourth-order valence-electron chi connectivity index (χ4n) is 5.85. The van der Waals surface area contributed by atoms with Crippen molar-refractivity contribution in [2.75, 3.05) is 13.1 Å². The van der Waals surface area contributed by atoms with Crippen LogP contribution in [0.3, 0.4) is 0 Å². The van der Waals surface area contributed by atoms with E-state index in [-0.39, 0.29) is 23.5 Å². The Kier molecular flexibility index (Phi) is 5.59. The number of hydrogen-bond acceptors (Lipinski definition) is 8. The van der Waals surface area contributed by atoms with Gasteiger partial charge in [0.1, 0.15) is 29.0 Å². The number of nitrogens with zero attached hydrogens (tertiary/aromatic N) is 4. The lowest BCUT2D eigenvalue weighted by Gasteiger charge is -2.60. The van der Waals surface area contributed by atoms with Gasteiger partial charge in [-0.25, -0.2) is 10.2 Å². The second-order valence-electron chi connectivity index (χ2n) is 11.6.